The number of carbonyl (C=O) groups is 1. The molecule has 5 unspecified atom stereocenters. The normalized spacial score (nSPS) is 54.9. The van der Waals surface area contributed by atoms with Gasteiger partial charge in [-0.05, 0) is 87.2 Å². The van der Waals surface area contributed by atoms with Gasteiger partial charge in [0.05, 0.1) is 130 Å². The topological polar surface area (TPSA) is 187 Å². The predicted molar refractivity (Wildman–Crippen MR) is 266 cm³/mol. The van der Waals surface area contributed by atoms with Crippen LogP contribution in [-0.2, 0) is 71.1 Å². The minimum Gasteiger partial charge on any atom is -0.459 e. The summed E-state index contributed by atoms with van der Waals surface area (Å²) < 4.78 is 93.4. The summed E-state index contributed by atoms with van der Waals surface area (Å²) in [5.41, 5.74) is 2.36. The molecule has 2 N–H and O–H groups in total. The highest BCUT2D eigenvalue weighted by Gasteiger charge is 2.65. The Bertz CT molecular complexity index is 2110. The molecule has 13 aliphatic heterocycles. The number of aliphatic hydroxyl groups excluding tert-OH is 2. The van der Waals surface area contributed by atoms with E-state index in [1.54, 1.807) is 0 Å². The zero-order valence-corrected chi connectivity index (χ0v) is 45.0. The Morgan fingerprint density at radius 3 is 2.20 bits per heavy atom. The quantitative estimate of drug-likeness (QED) is 0.180. The van der Waals surface area contributed by atoms with Crippen LogP contribution in [0.5, 0.6) is 0 Å². The SMILES string of the molecule is C=C1CC(CC[C@]23CCC(O2)[C@H]2C[C@@H](O3)[C@H]3O[C@@H](CC(=O)O[C@H]4CO[C@H]5C[C@H]6O[C@@]7(CC8O[C@@]9(C[C@H](C)C8O7)C[C@H](C)[C@@H]7O[C@H](CO)[C@H](O)C[C@@H]7O9)C[C@H]6O[C@H]5[C@@H]4C)CC[C@@H]3O2)O[C@H]1CCC1C[C@@H](C)C(=C)[C@@H](C)O1. The summed E-state index contributed by atoms with van der Waals surface area (Å²) in [6.07, 6.45) is 8.60. The van der Waals surface area contributed by atoms with Gasteiger partial charge in [0.25, 0.3) is 0 Å². The summed E-state index contributed by atoms with van der Waals surface area (Å²) >= 11 is 0. The maximum absolute atomic E-state index is 13.8. The second-order valence-corrected chi connectivity index (χ2v) is 26.0. The lowest BCUT2D eigenvalue weighted by atomic mass is 9.78. The van der Waals surface area contributed by atoms with Crippen LogP contribution in [0.1, 0.15) is 150 Å². The second-order valence-electron chi connectivity index (χ2n) is 26.0. The Kier molecular flexibility index (Phi) is 14.3. The first-order valence-electron chi connectivity index (χ1n) is 29.5. The van der Waals surface area contributed by atoms with Crippen LogP contribution in [0.3, 0.4) is 0 Å². The average molecular weight is 1060 g/mol. The molecule has 2 spiro atoms. The second kappa shape index (κ2) is 20.4. The first-order valence-corrected chi connectivity index (χ1v) is 29.5. The molecule has 0 aliphatic carbocycles. The van der Waals surface area contributed by atoms with E-state index in [0.717, 1.165) is 57.8 Å². The highest BCUT2D eigenvalue weighted by atomic mass is 16.8. The third kappa shape index (κ3) is 9.99. The molecule has 0 aromatic carbocycles. The molecule has 0 radical (unpaired) electrons. The molecular weight excluding hydrogens is 969 g/mol. The van der Waals surface area contributed by atoms with Crippen LogP contribution in [0.4, 0.5) is 0 Å². The van der Waals surface area contributed by atoms with Crippen LogP contribution in [0, 0.1) is 23.7 Å². The van der Waals surface area contributed by atoms with Gasteiger partial charge in [-0.15, -0.1) is 0 Å². The standard InChI is InChI=1S/C58H86O17/c1-28-16-35(63-34(7)32(28)5)8-10-39-29(2)17-37(64-39)12-14-56-15-13-40(70-56)42-20-46(72-56)55-41(66-42)11-9-36(65-55)18-51(61)67-50-27-62-44-21-43-47(68-54(44)33(50)6)24-58(71-43)25-48-53(75-58)31(4)23-57(74-48)22-30(3)52-45(73-57)19-38(60)49(26-59)69-52/h28,30-31,33-50,52-55,59-60H,2,5,8-27H2,1,3-4,6-7H3/t28-,30+,31+,33-,34-,35?,36-,37?,38-,39+,40?,41+,42-,43-,44+,45+,46-,47-,48?,49-,50+,52+,53?,54+,55+,56+,57-,58+/m1/s1. The zero-order valence-electron chi connectivity index (χ0n) is 45.0. The Labute approximate surface area is 442 Å². The molecule has 0 saturated carbocycles. The highest BCUT2D eigenvalue weighted by Crippen LogP contribution is 2.56. The first kappa shape index (κ1) is 52.7. The molecule has 4 bridgehead atoms. The van der Waals surface area contributed by atoms with Crippen molar-refractivity contribution in [2.45, 2.75) is 296 Å². The third-order valence-electron chi connectivity index (χ3n) is 20.5. The number of fused-ring (bicyclic) bond motifs is 11. The van der Waals surface area contributed by atoms with E-state index in [2.05, 4.69) is 47.8 Å². The summed E-state index contributed by atoms with van der Waals surface area (Å²) in [7, 11) is 0. The number of esters is 1. The van der Waals surface area contributed by atoms with Gasteiger partial charge < -0.3 is 76.5 Å². The van der Waals surface area contributed by atoms with Gasteiger partial charge >= 0.3 is 5.97 Å². The summed E-state index contributed by atoms with van der Waals surface area (Å²) in [5, 5.41) is 20.5. The summed E-state index contributed by atoms with van der Waals surface area (Å²) in [4.78, 5) is 13.8. The predicted octanol–water partition coefficient (Wildman–Crippen LogP) is 6.43. The molecule has 75 heavy (non-hydrogen) atoms. The maximum Gasteiger partial charge on any atom is 0.308 e. The van der Waals surface area contributed by atoms with E-state index in [4.69, 9.17) is 66.3 Å². The Morgan fingerprint density at radius 2 is 1.37 bits per heavy atom. The number of hydrogen-bond acceptors (Lipinski definition) is 17. The van der Waals surface area contributed by atoms with E-state index in [0.29, 0.717) is 57.3 Å². The van der Waals surface area contributed by atoms with Crippen molar-refractivity contribution in [3.05, 3.63) is 24.3 Å². The van der Waals surface area contributed by atoms with Gasteiger partial charge in [0.1, 0.15) is 18.3 Å². The molecule has 420 valence electrons. The van der Waals surface area contributed by atoms with Crippen LogP contribution >= 0.6 is 0 Å². The lowest BCUT2D eigenvalue weighted by Gasteiger charge is -2.54. The fourth-order valence-corrected chi connectivity index (χ4v) is 16.6. The fourth-order valence-electron chi connectivity index (χ4n) is 16.6. The van der Waals surface area contributed by atoms with Crippen molar-refractivity contribution in [1.29, 1.82) is 0 Å². The van der Waals surface area contributed by atoms with Gasteiger partial charge in [-0.1, -0.05) is 40.9 Å². The number of rotatable bonds is 10. The molecule has 17 nitrogen and oxygen atoms in total. The number of carbonyl (C=O) groups excluding carboxylic acids is 1. The van der Waals surface area contributed by atoms with Crippen molar-refractivity contribution in [1.82, 2.24) is 0 Å². The highest BCUT2D eigenvalue weighted by molar-refractivity contribution is 5.70. The molecule has 28 atom stereocenters. The minimum absolute atomic E-state index is 0.0115. The Morgan fingerprint density at radius 1 is 0.627 bits per heavy atom. The van der Waals surface area contributed by atoms with Crippen molar-refractivity contribution in [2.24, 2.45) is 23.7 Å². The van der Waals surface area contributed by atoms with Crippen molar-refractivity contribution in [3.8, 4) is 0 Å². The van der Waals surface area contributed by atoms with E-state index in [1.807, 2.05) is 0 Å². The van der Waals surface area contributed by atoms with Crippen LogP contribution in [0.15, 0.2) is 24.3 Å². The summed E-state index contributed by atoms with van der Waals surface area (Å²) in [5.74, 6) is -2.05. The zero-order chi connectivity index (χ0) is 51.7. The number of hydrogen-bond donors (Lipinski definition) is 2. The van der Waals surface area contributed by atoms with E-state index in [-0.39, 0.29) is 153 Å². The van der Waals surface area contributed by atoms with Crippen LogP contribution in [0.2, 0.25) is 0 Å². The third-order valence-corrected chi connectivity index (χ3v) is 20.5. The molecule has 13 saturated heterocycles. The molecule has 13 fully saturated rings. The van der Waals surface area contributed by atoms with E-state index >= 15 is 0 Å². The number of aliphatic hydroxyl groups is 2. The maximum atomic E-state index is 13.8. The van der Waals surface area contributed by atoms with E-state index < -0.39 is 35.7 Å². The van der Waals surface area contributed by atoms with Crippen LogP contribution in [-0.4, -0.2) is 175 Å². The lowest BCUT2D eigenvalue weighted by molar-refractivity contribution is -0.371. The minimum atomic E-state index is -0.850. The molecule has 0 amide bonds. The van der Waals surface area contributed by atoms with Gasteiger partial charge in [0, 0.05) is 63.7 Å². The van der Waals surface area contributed by atoms with Crippen molar-refractivity contribution < 1.29 is 81.3 Å². The van der Waals surface area contributed by atoms with Crippen LogP contribution < -0.4 is 0 Å². The summed E-state index contributed by atoms with van der Waals surface area (Å²) in [6.45, 7) is 19.5. The van der Waals surface area contributed by atoms with Gasteiger partial charge in [-0.25, -0.2) is 0 Å². The number of ether oxygens (including phenoxy) is 14. The molecule has 0 aromatic heterocycles. The molecule has 0 aromatic rings. The van der Waals surface area contributed by atoms with E-state index in [9.17, 15) is 15.0 Å². The van der Waals surface area contributed by atoms with E-state index in [1.165, 1.54) is 11.1 Å². The van der Waals surface area contributed by atoms with Crippen molar-refractivity contribution in [2.75, 3.05) is 13.2 Å². The molecule has 13 rings (SSSR count). The molecule has 13 aliphatic rings. The van der Waals surface area contributed by atoms with Gasteiger partial charge in [-0.3, -0.25) is 4.79 Å². The fraction of sp³-hybridized carbons (Fsp3) is 0.914. The Balaban J connectivity index is 0.581. The average Bonchev–Trinajstić information content (AvgIpc) is 4.14. The monoisotopic (exact) mass is 1050 g/mol. The van der Waals surface area contributed by atoms with Gasteiger partial charge in [-0.2, -0.15) is 0 Å². The first-order chi connectivity index (χ1) is 36.0. The van der Waals surface area contributed by atoms with Crippen molar-refractivity contribution in [3.63, 3.8) is 0 Å². The largest absolute Gasteiger partial charge is 0.459 e. The summed E-state index contributed by atoms with van der Waals surface area (Å²) in [6, 6.07) is 0. The molecule has 13 heterocycles. The molecule has 17 heteroatoms. The smallest absolute Gasteiger partial charge is 0.308 e. The van der Waals surface area contributed by atoms with Crippen LogP contribution in [0.25, 0.3) is 0 Å². The van der Waals surface area contributed by atoms with Crippen molar-refractivity contribution >= 4 is 5.97 Å². The Hall–Kier alpha value is -1.65. The molecular formula is C58H86O17. The van der Waals surface area contributed by atoms with Gasteiger partial charge in [0.15, 0.2) is 17.4 Å². The van der Waals surface area contributed by atoms with Gasteiger partial charge in [0.2, 0.25) is 0 Å². The lowest BCUT2D eigenvalue weighted by Crippen LogP contribution is -2.62.